The summed E-state index contributed by atoms with van der Waals surface area (Å²) in [6.45, 7) is 6.03. The average molecular weight is 223 g/mol. The lowest BCUT2D eigenvalue weighted by Gasteiger charge is -2.49. The smallest absolute Gasteiger partial charge is 0.165 e. The third-order valence-electron chi connectivity index (χ3n) is 3.61. The molecule has 1 aromatic carbocycles. The summed E-state index contributed by atoms with van der Waals surface area (Å²) in [6.07, 6.45) is 0.805. The molecular weight excluding hydrogens is 205 g/mol. The molecule has 1 aliphatic carbocycles. The van der Waals surface area contributed by atoms with Crippen LogP contribution in [0.1, 0.15) is 25.8 Å². The van der Waals surface area contributed by atoms with E-state index in [-0.39, 0.29) is 23.4 Å². The molecule has 0 amide bonds. The standard InChI is InChI=1S/C13H18FNO/c1-8-4-5-9(14)10(6-8)16-12-7-11(15)13(12,2)3/h4-6,11-12H,7,15H2,1-3H3. The van der Waals surface area contributed by atoms with E-state index in [1.165, 1.54) is 6.07 Å². The van der Waals surface area contributed by atoms with Crippen LogP contribution in [-0.4, -0.2) is 12.1 Å². The molecule has 3 heteroatoms. The highest BCUT2D eigenvalue weighted by Crippen LogP contribution is 2.42. The van der Waals surface area contributed by atoms with E-state index in [1.807, 2.05) is 6.92 Å². The average Bonchev–Trinajstić information content (AvgIpc) is 2.23. The third kappa shape index (κ3) is 1.80. The molecule has 0 aromatic heterocycles. The Morgan fingerprint density at radius 3 is 2.69 bits per heavy atom. The van der Waals surface area contributed by atoms with Crippen LogP contribution in [0.2, 0.25) is 0 Å². The highest BCUT2D eigenvalue weighted by atomic mass is 19.1. The van der Waals surface area contributed by atoms with Gasteiger partial charge in [0, 0.05) is 17.9 Å². The number of hydrogen-bond acceptors (Lipinski definition) is 2. The normalized spacial score (nSPS) is 27.3. The second-order valence-corrected chi connectivity index (χ2v) is 5.20. The number of hydrogen-bond donors (Lipinski definition) is 1. The Kier molecular flexibility index (Phi) is 2.66. The van der Waals surface area contributed by atoms with Crippen LogP contribution >= 0.6 is 0 Å². The lowest BCUT2D eigenvalue weighted by atomic mass is 9.65. The second-order valence-electron chi connectivity index (χ2n) is 5.20. The number of halogens is 1. The summed E-state index contributed by atoms with van der Waals surface area (Å²) in [5.74, 6) is 0.0341. The summed E-state index contributed by atoms with van der Waals surface area (Å²) >= 11 is 0. The maximum atomic E-state index is 13.5. The molecule has 0 spiro atoms. The van der Waals surface area contributed by atoms with Crippen molar-refractivity contribution in [3.05, 3.63) is 29.6 Å². The summed E-state index contributed by atoms with van der Waals surface area (Å²) < 4.78 is 19.2. The first-order chi connectivity index (χ1) is 7.41. The highest BCUT2D eigenvalue weighted by molar-refractivity contribution is 5.30. The largest absolute Gasteiger partial charge is 0.487 e. The molecule has 1 fully saturated rings. The Morgan fingerprint density at radius 2 is 2.12 bits per heavy atom. The molecule has 0 aliphatic heterocycles. The molecule has 2 nitrogen and oxygen atoms in total. The topological polar surface area (TPSA) is 35.2 Å². The Hall–Kier alpha value is -1.09. The van der Waals surface area contributed by atoms with Crippen molar-refractivity contribution in [3.63, 3.8) is 0 Å². The molecule has 1 aromatic rings. The van der Waals surface area contributed by atoms with E-state index in [4.69, 9.17) is 10.5 Å². The van der Waals surface area contributed by atoms with Gasteiger partial charge in [0.2, 0.25) is 0 Å². The minimum absolute atomic E-state index is 0.0128. The SMILES string of the molecule is Cc1ccc(F)c(OC2CC(N)C2(C)C)c1. The fraction of sp³-hybridized carbons (Fsp3) is 0.538. The zero-order valence-electron chi connectivity index (χ0n) is 9.96. The molecule has 2 atom stereocenters. The van der Waals surface area contributed by atoms with Crippen LogP contribution in [-0.2, 0) is 0 Å². The van der Waals surface area contributed by atoms with Gasteiger partial charge in [-0.25, -0.2) is 4.39 Å². The van der Waals surface area contributed by atoms with Crippen molar-refractivity contribution in [3.8, 4) is 5.75 Å². The van der Waals surface area contributed by atoms with Gasteiger partial charge < -0.3 is 10.5 Å². The van der Waals surface area contributed by atoms with Crippen molar-refractivity contribution >= 4 is 0 Å². The van der Waals surface area contributed by atoms with Gasteiger partial charge in [-0.15, -0.1) is 0 Å². The molecule has 1 aliphatic rings. The van der Waals surface area contributed by atoms with Gasteiger partial charge in [0.05, 0.1) is 0 Å². The van der Waals surface area contributed by atoms with Crippen LogP contribution in [0.15, 0.2) is 18.2 Å². The zero-order valence-corrected chi connectivity index (χ0v) is 9.96. The van der Waals surface area contributed by atoms with Crippen molar-refractivity contribution in [2.45, 2.75) is 39.3 Å². The zero-order chi connectivity index (χ0) is 11.9. The van der Waals surface area contributed by atoms with Gasteiger partial charge >= 0.3 is 0 Å². The van der Waals surface area contributed by atoms with Gasteiger partial charge in [0.1, 0.15) is 6.10 Å². The van der Waals surface area contributed by atoms with E-state index in [0.717, 1.165) is 12.0 Å². The molecule has 0 heterocycles. The molecule has 2 unspecified atom stereocenters. The van der Waals surface area contributed by atoms with E-state index < -0.39 is 0 Å². The van der Waals surface area contributed by atoms with Crippen molar-refractivity contribution in [2.75, 3.05) is 0 Å². The summed E-state index contributed by atoms with van der Waals surface area (Å²) in [5.41, 5.74) is 6.82. The minimum atomic E-state index is -0.304. The second kappa shape index (κ2) is 3.74. The number of ether oxygens (including phenoxy) is 1. The first-order valence-electron chi connectivity index (χ1n) is 5.59. The predicted octanol–water partition coefficient (Wildman–Crippen LogP) is 2.64. The maximum absolute atomic E-state index is 13.5. The van der Waals surface area contributed by atoms with Crippen LogP contribution in [0, 0.1) is 18.2 Å². The lowest BCUT2D eigenvalue weighted by Crippen LogP contribution is -2.60. The van der Waals surface area contributed by atoms with Gasteiger partial charge in [-0.1, -0.05) is 19.9 Å². The summed E-state index contributed by atoms with van der Waals surface area (Å²) in [7, 11) is 0. The summed E-state index contributed by atoms with van der Waals surface area (Å²) in [6, 6.07) is 5.05. The molecule has 2 N–H and O–H groups in total. The van der Waals surface area contributed by atoms with Crippen molar-refractivity contribution in [1.82, 2.24) is 0 Å². The van der Waals surface area contributed by atoms with Crippen LogP contribution in [0.4, 0.5) is 4.39 Å². The monoisotopic (exact) mass is 223 g/mol. The van der Waals surface area contributed by atoms with Crippen molar-refractivity contribution in [2.24, 2.45) is 11.1 Å². The van der Waals surface area contributed by atoms with Crippen molar-refractivity contribution in [1.29, 1.82) is 0 Å². The van der Waals surface area contributed by atoms with Crippen molar-refractivity contribution < 1.29 is 9.13 Å². The van der Waals surface area contributed by atoms with Crippen LogP contribution < -0.4 is 10.5 Å². The fourth-order valence-electron chi connectivity index (χ4n) is 1.97. The van der Waals surface area contributed by atoms with Crippen LogP contribution in [0.25, 0.3) is 0 Å². The first-order valence-corrected chi connectivity index (χ1v) is 5.59. The lowest BCUT2D eigenvalue weighted by molar-refractivity contribution is -0.0419. The molecule has 0 bridgehead atoms. The first kappa shape index (κ1) is 11.4. The molecule has 0 radical (unpaired) electrons. The Morgan fingerprint density at radius 1 is 1.44 bits per heavy atom. The Balaban J connectivity index is 2.13. The quantitative estimate of drug-likeness (QED) is 0.836. The summed E-state index contributed by atoms with van der Waals surface area (Å²) in [4.78, 5) is 0. The van der Waals surface area contributed by atoms with Gasteiger partial charge in [-0.3, -0.25) is 0 Å². The molecule has 16 heavy (non-hydrogen) atoms. The van der Waals surface area contributed by atoms with E-state index in [9.17, 15) is 4.39 Å². The molecule has 0 saturated heterocycles. The Bertz CT molecular complexity index is 403. The number of aryl methyl sites for hydroxylation is 1. The van der Waals surface area contributed by atoms with E-state index >= 15 is 0 Å². The maximum Gasteiger partial charge on any atom is 0.165 e. The Labute approximate surface area is 95.6 Å². The van der Waals surface area contributed by atoms with Gasteiger partial charge in [0.25, 0.3) is 0 Å². The molecule has 88 valence electrons. The van der Waals surface area contributed by atoms with E-state index in [1.54, 1.807) is 12.1 Å². The summed E-state index contributed by atoms with van der Waals surface area (Å²) in [5, 5.41) is 0. The fourth-order valence-corrected chi connectivity index (χ4v) is 1.97. The number of benzene rings is 1. The van der Waals surface area contributed by atoms with Gasteiger partial charge in [-0.05, 0) is 24.6 Å². The third-order valence-corrected chi connectivity index (χ3v) is 3.61. The van der Waals surface area contributed by atoms with Crippen LogP contribution in [0.5, 0.6) is 5.75 Å². The van der Waals surface area contributed by atoms with E-state index in [2.05, 4.69) is 13.8 Å². The molecule has 2 rings (SSSR count). The van der Waals surface area contributed by atoms with Crippen LogP contribution in [0.3, 0.4) is 0 Å². The minimum Gasteiger partial charge on any atom is -0.487 e. The molecular formula is C13H18FNO. The number of rotatable bonds is 2. The van der Waals surface area contributed by atoms with E-state index in [0.29, 0.717) is 5.75 Å². The van der Waals surface area contributed by atoms with Gasteiger partial charge in [0.15, 0.2) is 11.6 Å². The number of nitrogens with two attached hydrogens (primary N) is 1. The van der Waals surface area contributed by atoms with Gasteiger partial charge in [-0.2, -0.15) is 0 Å². The predicted molar refractivity (Wildman–Crippen MR) is 61.9 cm³/mol. The highest BCUT2D eigenvalue weighted by Gasteiger charge is 2.48. The molecule has 1 saturated carbocycles.